The summed E-state index contributed by atoms with van der Waals surface area (Å²) in [6.45, 7) is 1.84. The first-order valence-electron chi connectivity index (χ1n) is 3.30. The molecule has 0 aliphatic heterocycles. The molecule has 0 aliphatic rings. The zero-order valence-electron chi connectivity index (χ0n) is 6.32. The highest BCUT2D eigenvalue weighted by molar-refractivity contribution is 5.85. The van der Waals surface area contributed by atoms with Crippen LogP contribution in [0.2, 0.25) is 0 Å². The lowest BCUT2D eigenvalue weighted by molar-refractivity contribution is -0.149. The predicted molar refractivity (Wildman–Crippen MR) is 40.8 cm³/mol. The van der Waals surface area contributed by atoms with Gasteiger partial charge in [-0.05, 0) is 6.42 Å². The van der Waals surface area contributed by atoms with Crippen LogP contribution in [0.1, 0.15) is 26.2 Å². The molecule has 0 aromatic carbocycles. The maximum atomic E-state index is 11.6. The molecule has 2 N–H and O–H groups in total. The Balaban J connectivity index is 0. The van der Waals surface area contributed by atoms with Crippen molar-refractivity contribution < 1.29 is 13.2 Å². The largest absolute Gasteiger partial charge is 0.403 e. The van der Waals surface area contributed by atoms with Crippen molar-refractivity contribution in [1.29, 1.82) is 0 Å². The minimum Gasteiger partial charge on any atom is -0.320 e. The van der Waals surface area contributed by atoms with Gasteiger partial charge in [0.05, 0.1) is 0 Å². The first-order valence-corrected chi connectivity index (χ1v) is 3.30. The summed E-state index contributed by atoms with van der Waals surface area (Å²) in [5, 5.41) is 0. The molecule has 0 spiro atoms. The van der Waals surface area contributed by atoms with Crippen molar-refractivity contribution in [1.82, 2.24) is 0 Å². The standard InChI is InChI=1S/C6H12F3N.ClH/c1-2-3-4-5(10)6(7,8)9;/h5H,2-4,10H2,1H3;1H/t5-;/m0./s1. The average molecular weight is 192 g/mol. The number of unbranched alkanes of at least 4 members (excludes halogenated alkanes) is 1. The molecule has 5 heteroatoms. The van der Waals surface area contributed by atoms with Crippen LogP contribution in [0.15, 0.2) is 0 Å². The summed E-state index contributed by atoms with van der Waals surface area (Å²) in [5.41, 5.74) is 4.81. The van der Waals surface area contributed by atoms with E-state index in [0.717, 1.165) is 6.42 Å². The van der Waals surface area contributed by atoms with E-state index in [4.69, 9.17) is 5.73 Å². The van der Waals surface area contributed by atoms with Gasteiger partial charge in [0, 0.05) is 0 Å². The van der Waals surface area contributed by atoms with Crippen molar-refractivity contribution in [2.24, 2.45) is 5.73 Å². The van der Waals surface area contributed by atoms with Crippen LogP contribution in [0.3, 0.4) is 0 Å². The zero-order chi connectivity index (χ0) is 8.20. The Morgan fingerprint density at radius 1 is 1.36 bits per heavy atom. The van der Waals surface area contributed by atoms with Crippen molar-refractivity contribution in [3.05, 3.63) is 0 Å². The minimum atomic E-state index is -4.21. The zero-order valence-corrected chi connectivity index (χ0v) is 7.13. The number of halogens is 4. The van der Waals surface area contributed by atoms with Crippen molar-refractivity contribution in [3.63, 3.8) is 0 Å². The molecule has 0 heterocycles. The quantitative estimate of drug-likeness (QED) is 0.729. The number of alkyl halides is 3. The SMILES string of the molecule is CCCC[C@H](N)C(F)(F)F.Cl. The van der Waals surface area contributed by atoms with E-state index in [0.29, 0.717) is 6.42 Å². The molecule has 0 rings (SSSR count). The molecule has 11 heavy (non-hydrogen) atoms. The smallest absolute Gasteiger partial charge is 0.320 e. The summed E-state index contributed by atoms with van der Waals surface area (Å²) < 4.78 is 34.9. The second-order valence-electron chi connectivity index (χ2n) is 2.29. The van der Waals surface area contributed by atoms with Crippen molar-refractivity contribution >= 4 is 12.4 Å². The summed E-state index contributed by atoms with van der Waals surface area (Å²) in [7, 11) is 0. The molecule has 0 amide bonds. The first kappa shape index (κ1) is 13.6. The molecule has 0 fully saturated rings. The number of hydrogen-bond donors (Lipinski definition) is 1. The van der Waals surface area contributed by atoms with Gasteiger partial charge in [-0.15, -0.1) is 12.4 Å². The van der Waals surface area contributed by atoms with Gasteiger partial charge in [-0.2, -0.15) is 13.2 Å². The van der Waals surface area contributed by atoms with Gasteiger partial charge in [0.25, 0.3) is 0 Å². The highest BCUT2D eigenvalue weighted by atomic mass is 35.5. The fourth-order valence-electron chi connectivity index (χ4n) is 0.588. The number of hydrogen-bond acceptors (Lipinski definition) is 1. The fourth-order valence-corrected chi connectivity index (χ4v) is 0.588. The van der Waals surface area contributed by atoms with Crippen molar-refractivity contribution in [3.8, 4) is 0 Å². The molecule has 0 aliphatic carbocycles. The highest BCUT2D eigenvalue weighted by Gasteiger charge is 2.35. The van der Waals surface area contributed by atoms with Crippen LogP contribution in [-0.4, -0.2) is 12.2 Å². The van der Waals surface area contributed by atoms with E-state index in [-0.39, 0.29) is 18.8 Å². The molecular formula is C6H13ClF3N. The lowest BCUT2D eigenvalue weighted by atomic mass is 10.1. The van der Waals surface area contributed by atoms with E-state index in [9.17, 15) is 13.2 Å². The van der Waals surface area contributed by atoms with Crippen LogP contribution in [0.5, 0.6) is 0 Å². The molecule has 0 radical (unpaired) electrons. The minimum absolute atomic E-state index is 0. The summed E-state index contributed by atoms with van der Waals surface area (Å²) in [6, 6.07) is -1.63. The van der Waals surface area contributed by atoms with Crippen LogP contribution in [0.25, 0.3) is 0 Å². The Kier molecular flexibility index (Phi) is 7.01. The van der Waals surface area contributed by atoms with Gasteiger partial charge < -0.3 is 5.73 Å². The molecule has 0 unspecified atom stereocenters. The lowest BCUT2D eigenvalue weighted by Gasteiger charge is -2.14. The van der Waals surface area contributed by atoms with E-state index in [2.05, 4.69) is 0 Å². The van der Waals surface area contributed by atoms with Gasteiger partial charge in [0.15, 0.2) is 0 Å². The van der Waals surface area contributed by atoms with Crippen LogP contribution < -0.4 is 5.73 Å². The van der Waals surface area contributed by atoms with E-state index in [1.807, 2.05) is 6.92 Å². The molecule has 0 saturated heterocycles. The molecule has 1 atom stereocenters. The summed E-state index contributed by atoms with van der Waals surface area (Å²) in [5.74, 6) is 0. The first-order chi connectivity index (χ1) is 4.48. The molecule has 0 aromatic heterocycles. The van der Waals surface area contributed by atoms with E-state index < -0.39 is 12.2 Å². The van der Waals surface area contributed by atoms with E-state index in [1.165, 1.54) is 0 Å². The Morgan fingerprint density at radius 3 is 2.09 bits per heavy atom. The Bertz CT molecular complexity index is 94.3. The Morgan fingerprint density at radius 2 is 1.82 bits per heavy atom. The maximum absolute atomic E-state index is 11.6. The average Bonchev–Trinajstić information content (AvgIpc) is 1.80. The monoisotopic (exact) mass is 191 g/mol. The molecular weight excluding hydrogens is 179 g/mol. The van der Waals surface area contributed by atoms with Crippen LogP contribution in [0.4, 0.5) is 13.2 Å². The summed E-state index contributed by atoms with van der Waals surface area (Å²) in [4.78, 5) is 0. The Hall–Kier alpha value is 0.0400. The van der Waals surface area contributed by atoms with Crippen molar-refractivity contribution in [2.45, 2.75) is 38.4 Å². The number of rotatable bonds is 3. The third-order valence-corrected chi connectivity index (χ3v) is 1.29. The second-order valence-corrected chi connectivity index (χ2v) is 2.29. The van der Waals surface area contributed by atoms with Crippen LogP contribution >= 0.6 is 12.4 Å². The third-order valence-electron chi connectivity index (χ3n) is 1.29. The summed E-state index contributed by atoms with van der Waals surface area (Å²) >= 11 is 0. The van der Waals surface area contributed by atoms with Gasteiger partial charge in [0.1, 0.15) is 6.04 Å². The molecule has 0 aromatic rings. The van der Waals surface area contributed by atoms with Crippen LogP contribution in [0, 0.1) is 0 Å². The van der Waals surface area contributed by atoms with Gasteiger partial charge >= 0.3 is 6.18 Å². The van der Waals surface area contributed by atoms with Gasteiger partial charge in [-0.25, -0.2) is 0 Å². The second kappa shape index (κ2) is 5.66. The normalized spacial score (nSPS) is 13.9. The third kappa shape index (κ3) is 6.44. The van der Waals surface area contributed by atoms with Crippen molar-refractivity contribution in [2.75, 3.05) is 0 Å². The van der Waals surface area contributed by atoms with E-state index >= 15 is 0 Å². The molecule has 70 valence electrons. The maximum Gasteiger partial charge on any atom is 0.403 e. The van der Waals surface area contributed by atoms with Crippen LogP contribution in [-0.2, 0) is 0 Å². The predicted octanol–water partition coefficient (Wildman–Crippen LogP) is 2.49. The molecule has 0 bridgehead atoms. The fraction of sp³-hybridized carbons (Fsp3) is 1.00. The summed E-state index contributed by atoms with van der Waals surface area (Å²) in [6.07, 6.45) is -2.88. The van der Waals surface area contributed by atoms with Gasteiger partial charge in [-0.1, -0.05) is 19.8 Å². The molecule has 0 saturated carbocycles. The van der Waals surface area contributed by atoms with Gasteiger partial charge in [0.2, 0.25) is 0 Å². The highest BCUT2D eigenvalue weighted by Crippen LogP contribution is 2.21. The lowest BCUT2D eigenvalue weighted by Crippen LogP contribution is -2.36. The Labute approximate surface area is 70.6 Å². The van der Waals surface area contributed by atoms with Gasteiger partial charge in [-0.3, -0.25) is 0 Å². The molecule has 1 nitrogen and oxygen atoms in total. The van der Waals surface area contributed by atoms with E-state index in [1.54, 1.807) is 0 Å². The number of nitrogens with two attached hydrogens (primary N) is 1. The topological polar surface area (TPSA) is 26.0 Å².